The summed E-state index contributed by atoms with van der Waals surface area (Å²) in [4.78, 5) is 12.9. The molecule has 138 valence electrons. The first-order chi connectivity index (χ1) is 12.8. The maximum atomic E-state index is 12.9. The molecule has 2 heterocycles. The Bertz CT molecular complexity index is 1160. The molecule has 5 heteroatoms. The Morgan fingerprint density at radius 1 is 1.11 bits per heavy atom. The van der Waals surface area contributed by atoms with Crippen LogP contribution in [0.2, 0.25) is 0 Å². The number of nitrogens with zero attached hydrogens (tertiary/aromatic N) is 2. The molecule has 0 spiro atoms. The molecular weight excluding hydrogens is 340 g/mol. The first kappa shape index (κ1) is 17.3. The van der Waals surface area contributed by atoms with Gasteiger partial charge in [-0.15, -0.1) is 5.10 Å². The minimum absolute atomic E-state index is 0.0497. The maximum absolute atomic E-state index is 12.9. The van der Waals surface area contributed by atoms with Crippen LogP contribution in [0.25, 0.3) is 28.1 Å². The summed E-state index contributed by atoms with van der Waals surface area (Å²) in [5.41, 5.74) is 3.21. The highest BCUT2D eigenvalue weighted by Gasteiger charge is 2.23. The van der Waals surface area contributed by atoms with Gasteiger partial charge in [0.25, 0.3) is 5.56 Å². The summed E-state index contributed by atoms with van der Waals surface area (Å²) < 4.78 is 7.13. The predicted octanol–water partition coefficient (Wildman–Crippen LogP) is 4.65. The topological polar surface area (TPSA) is 68.3 Å². The van der Waals surface area contributed by atoms with Crippen molar-refractivity contribution in [3.05, 3.63) is 63.9 Å². The number of rotatable bonds is 2. The molecule has 0 saturated heterocycles. The average molecular weight is 362 g/mol. The Hall–Kier alpha value is -3.08. The normalized spacial score (nSPS) is 12.1. The van der Waals surface area contributed by atoms with E-state index < -0.39 is 0 Å². The molecule has 0 fully saturated rings. The van der Waals surface area contributed by atoms with Crippen LogP contribution in [-0.2, 0) is 11.8 Å². The molecule has 0 saturated carbocycles. The molecule has 0 atom stereocenters. The fraction of sp³-hybridized carbons (Fsp3) is 0.273. The van der Waals surface area contributed by atoms with Crippen molar-refractivity contribution in [3.8, 4) is 22.9 Å². The van der Waals surface area contributed by atoms with E-state index in [1.807, 2.05) is 30.3 Å². The second kappa shape index (κ2) is 5.98. The summed E-state index contributed by atoms with van der Waals surface area (Å²) in [5.74, 6) is 0.263. The van der Waals surface area contributed by atoms with Gasteiger partial charge in [-0.05, 0) is 53.3 Å². The molecule has 4 rings (SSSR count). The van der Waals surface area contributed by atoms with Crippen molar-refractivity contribution in [3.63, 3.8) is 0 Å². The van der Waals surface area contributed by atoms with Crippen LogP contribution in [0.3, 0.4) is 0 Å². The molecule has 0 radical (unpaired) electrons. The van der Waals surface area contributed by atoms with Crippen LogP contribution >= 0.6 is 0 Å². The van der Waals surface area contributed by atoms with E-state index >= 15 is 0 Å². The van der Waals surface area contributed by atoms with Crippen molar-refractivity contribution in [2.45, 2.75) is 39.5 Å². The van der Waals surface area contributed by atoms with Crippen molar-refractivity contribution >= 4 is 11.0 Å². The summed E-state index contributed by atoms with van der Waals surface area (Å²) in [6.07, 6.45) is 0.932. The van der Waals surface area contributed by atoms with Crippen LogP contribution in [0.1, 0.15) is 38.8 Å². The summed E-state index contributed by atoms with van der Waals surface area (Å²) in [6.45, 7) is 8.29. The number of hydrogen-bond acceptors (Lipinski definition) is 4. The minimum atomic E-state index is -0.236. The highest BCUT2D eigenvalue weighted by atomic mass is 16.4. The molecule has 27 heavy (non-hydrogen) atoms. The lowest BCUT2D eigenvalue weighted by Gasteiger charge is -2.19. The van der Waals surface area contributed by atoms with Gasteiger partial charge in [-0.25, -0.2) is 0 Å². The molecule has 2 aromatic carbocycles. The van der Waals surface area contributed by atoms with Crippen LogP contribution in [0.4, 0.5) is 0 Å². The van der Waals surface area contributed by atoms with E-state index in [4.69, 9.17) is 4.42 Å². The highest BCUT2D eigenvalue weighted by Crippen LogP contribution is 2.35. The smallest absolute Gasteiger partial charge is 0.284 e. The molecule has 2 aliphatic rings. The van der Waals surface area contributed by atoms with E-state index in [1.54, 1.807) is 12.1 Å². The van der Waals surface area contributed by atoms with E-state index in [2.05, 4.69) is 32.8 Å². The fourth-order valence-electron chi connectivity index (χ4n) is 3.18. The van der Waals surface area contributed by atoms with Gasteiger partial charge < -0.3 is 9.52 Å². The number of phenolic OH excluding ortho intramolecular Hbond substituents is 1. The molecule has 2 aromatic rings. The molecule has 0 unspecified atom stereocenters. The van der Waals surface area contributed by atoms with Gasteiger partial charge in [0, 0.05) is 5.39 Å². The van der Waals surface area contributed by atoms with Crippen molar-refractivity contribution in [1.82, 2.24) is 9.78 Å². The number of aromatic hydroxyl groups is 1. The van der Waals surface area contributed by atoms with Gasteiger partial charge in [0.15, 0.2) is 11.3 Å². The number of aromatic nitrogens is 2. The van der Waals surface area contributed by atoms with Crippen LogP contribution in [0.5, 0.6) is 5.75 Å². The van der Waals surface area contributed by atoms with Gasteiger partial charge >= 0.3 is 0 Å². The Morgan fingerprint density at radius 3 is 2.44 bits per heavy atom. The third-order valence-corrected chi connectivity index (χ3v) is 4.90. The Balaban J connectivity index is 1.94. The van der Waals surface area contributed by atoms with E-state index in [0.717, 1.165) is 12.0 Å². The number of hydrogen-bond donors (Lipinski definition) is 1. The van der Waals surface area contributed by atoms with Crippen LogP contribution in [0, 0.1) is 0 Å². The third kappa shape index (κ3) is 2.89. The lowest BCUT2D eigenvalue weighted by molar-refractivity contribution is 0.459. The van der Waals surface area contributed by atoms with Gasteiger partial charge in [0.1, 0.15) is 5.56 Å². The number of fused-ring (bicyclic) bond motifs is 2. The SMILES string of the molecule is CCc1ccc(-n2nc3oc4c(O)cc(C(C)(C)C)cc4cc-3c2=O)cc1. The van der Waals surface area contributed by atoms with E-state index in [0.29, 0.717) is 22.2 Å². The first-order valence-electron chi connectivity index (χ1n) is 9.07. The van der Waals surface area contributed by atoms with E-state index in [1.165, 1.54) is 10.2 Å². The molecule has 2 aliphatic heterocycles. The molecular formula is C22H22N2O3. The standard InChI is InChI=1S/C22H22N2O3/c1-5-13-6-8-16(9-7-13)24-21(26)17-11-14-10-15(22(2,3)4)12-18(25)19(14)27-20(17)23-24/h6-12,25H,5H2,1-4H3. The monoisotopic (exact) mass is 362 g/mol. The lowest BCUT2D eigenvalue weighted by atomic mass is 9.86. The summed E-state index contributed by atoms with van der Waals surface area (Å²) in [7, 11) is 0. The maximum Gasteiger partial charge on any atom is 0.284 e. The second-order valence-electron chi connectivity index (χ2n) is 7.87. The summed E-state index contributed by atoms with van der Waals surface area (Å²) in [5, 5.41) is 15.4. The zero-order chi connectivity index (χ0) is 19.3. The zero-order valence-electron chi connectivity index (χ0n) is 15.9. The average Bonchev–Trinajstić information content (AvgIpc) is 2.96. The molecule has 0 amide bonds. The molecule has 0 aliphatic carbocycles. The Morgan fingerprint density at radius 2 is 1.81 bits per heavy atom. The minimum Gasteiger partial charge on any atom is -0.504 e. The fourth-order valence-corrected chi connectivity index (χ4v) is 3.18. The largest absolute Gasteiger partial charge is 0.504 e. The van der Waals surface area contributed by atoms with Gasteiger partial charge in [-0.1, -0.05) is 39.8 Å². The number of benzene rings is 2. The number of phenols is 1. The summed E-state index contributed by atoms with van der Waals surface area (Å²) >= 11 is 0. The van der Waals surface area contributed by atoms with Crippen molar-refractivity contribution in [2.75, 3.05) is 0 Å². The Kier molecular flexibility index (Phi) is 3.84. The van der Waals surface area contributed by atoms with Crippen molar-refractivity contribution < 1.29 is 9.52 Å². The Labute approximate surface area is 157 Å². The molecule has 0 aromatic heterocycles. The van der Waals surface area contributed by atoms with Gasteiger partial charge in [0.2, 0.25) is 5.89 Å². The highest BCUT2D eigenvalue weighted by molar-refractivity contribution is 5.87. The number of aryl methyl sites for hydroxylation is 1. The molecule has 5 nitrogen and oxygen atoms in total. The van der Waals surface area contributed by atoms with E-state index in [9.17, 15) is 9.90 Å². The van der Waals surface area contributed by atoms with Gasteiger partial charge in [-0.3, -0.25) is 4.79 Å². The second-order valence-corrected chi connectivity index (χ2v) is 7.87. The third-order valence-electron chi connectivity index (χ3n) is 4.90. The molecule has 1 N–H and O–H groups in total. The van der Waals surface area contributed by atoms with Crippen molar-refractivity contribution in [2.24, 2.45) is 0 Å². The van der Waals surface area contributed by atoms with Gasteiger partial charge in [0.05, 0.1) is 5.69 Å². The van der Waals surface area contributed by atoms with Crippen molar-refractivity contribution in [1.29, 1.82) is 0 Å². The van der Waals surface area contributed by atoms with Gasteiger partial charge in [-0.2, -0.15) is 4.68 Å². The first-order valence-corrected chi connectivity index (χ1v) is 9.07. The quantitative estimate of drug-likeness (QED) is 0.564. The van der Waals surface area contributed by atoms with Crippen LogP contribution in [0.15, 0.2) is 51.7 Å². The predicted molar refractivity (Wildman–Crippen MR) is 106 cm³/mol. The summed E-state index contributed by atoms with van der Waals surface area (Å²) in [6, 6.07) is 13.1. The van der Waals surface area contributed by atoms with Crippen LogP contribution in [-0.4, -0.2) is 14.9 Å². The zero-order valence-corrected chi connectivity index (χ0v) is 15.9. The lowest BCUT2D eigenvalue weighted by Crippen LogP contribution is -2.14. The van der Waals surface area contributed by atoms with Crippen LogP contribution < -0.4 is 5.56 Å². The van der Waals surface area contributed by atoms with E-state index in [-0.39, 0.29) is 22.6 Å². The molecule has 0 bridgehead atoms.